The quantitative estimate of drug-likeness (QED) is 0.405. The Kier molecular flexibility index (Phi) is 6.33. The van der Waals surface area contributed by atoms with Gasteiger partial charge in [0.05, 0.1) is 29.2 Å². The number of ether oxygens (including phenoxy) is 2. The highest BCUT2D eigenvalue weighted by atomic mass is 127. The topological polar surface area (TPSA) is 55.8 Å². The van der Waals surface area contributed by atoms with Gasteiger partial charge in [-0.05, 0) is 69.8 Å². The van der Waals surface area contributed by atoms with Gasteiger partial charge in [0.25, 0.3) is 11.1 Å². The van der Waals surface area contributed by atoms with Crippen molar-refractivity contribution in [3.63, 3.8) is 0 Å². The van der Waals surface area contributed by atoms with Gasteiger partial charge in [-0.3, -0.25) is 14.5 Å². The standard InChI is InChI=1S/C19H15ClINO4S/c1-25-15-8-11(7-14(21)17(15)26-2)9-16-18(23)22(19(24)27-16)10-12-5-3-4-6-13(12)20/h3-9H,10H2,1-2H3/b16-9+. The van der Waals surface area contributed by atoms with Crippen LogP contribution in [0.5, 0.6) is 11.5 Å². The number of carbonyl (C=O) groups excluding carboxylic acids is 2. The molecule has 1 saturated heterocycles. The van der Waals surface area contributed by atoms with E-state index in [-0.39, 0.29) is 17.7 Å². The molecule has 8 heteroatoms. The molecular formula is C19H15ClINO4S. The average Bonchev–Trinajstić information content (AvgIpc) is 2.90. The molecule has 1 aliphatic rings. The van der Waals surface area contributed by atoms with Crippen molar-refractivity contribution in [2.75, 3.05) is 14.2 Å². The van der Waals surface area contributed by atoms with E-state index in [1.54, 1.807) is 44.6 Å². The SMILES string of the molecule is COc1cc(/C=C2/SC(=O)N(Cc3ccccc3Cl)C2=O)cc(I)c1OC. The first-order valence-electron chi connectivity index (χ1n) is 7.85. The first-order chi connectivity index (χ1) is 12.9. The highest BCUT2D eigenvalue weighted by molar-refractivity contribution is 14.1. The molecular weight excluding hydrogens is 501 g/mol. The number of amides is 2. The lowest BCUT2D eigenvalue weighted by Gasteiger charge is -2.13. The molecule has 0 aliphatic carbocycles. The molecule has 0 radical (unpaired) electrons. The van der Waals surface area contributed by atoms with E-state index in [0.29, 0.717) is 21.4 Å². The zero-order valence-corrected chi connectivity index (χ0v) is 18.2. The summed E-state index contributed by atoms with van der Waals surface area (Å²) in [5, 5.41) is 0.205. The highest BCUT2D eigenvalue weighted by Gasteiger charge is 2.35. The minimum Gasteiger partial charge on any atom is -0.493 e. The summed E-state index contributed by atoms with van der Waals surface area (Å²) in [6.07, 6.45) is 1.68. The second kappa shape index (κ2) is 8.53. The number of thioether (sulfide) groups is 1. The van der Waals surface area contributed by atoms with Crippen LogP contribution in [0.4, 0.5) is 4.79 Å². The van der Waals surface area contributed by atoms with Crippen molar-refractivity contribution in [2.45, 2.75) is 6.54 Å². The van der Waals surface area contributed by atoms with Crippen molar-refractivity contribution < 1.29 is 19.1 Å². The number of benzene rings is 2. The van der Waals surface area contributed by atoms with Crippen LogP contribution >= 0.6 is 46.0 Å². The highest BCUT2D eigenvalue weighted by Crippen LogP contribution is 2.37. The summed E-state index contributed by atoms with van der Waals surface area (Å²) >= 11 is 9.19. The summed E-state index contributed by atoms with van der Waals surface area (Å²) in [7, 11) is 3.12. The molecule has 0 unspecified atom stereocenters. The van der Waals surface area contributed by atoms with Crippen LogP contribution in [0.25, 0.3) is 6.08 Å². The van der Waals surface area contributed by atoms with Crippen LogP contribution in [0.2, 0.25) is 5.02 Å². The third-order valence-electron chi connectivity index (χ3n) is 3.91. The maximum absolute atomic E-state index is 12.7. The molecule has 2 aromatic carbocycles. The molecule has 0 spiro atoms. The average molecular weight is 516 g/mol. The third-order valence-corrected chi connectivity index (χ3v) is 5.99. The molecule has 0 atom stereocenters. The van der Waals surface area contributed by atoms with E-state index in [9.17, 15) is 9.59 Å². The van der Waals surface area contributed by atoms with E-state index in [1.165, 1.54) is 4.90 Å². The second-order valence-corrected chi connectivity index (χ2v) is 8.16. The van der Waals surface area contributed by atoms with Crippen molar-refractivity contribution in [3.8, 4) is 11.5 Å². The van der Waals surface area contributed by atoms with Gasteiger partial charge >= 0.3 is 0 Å². The zero-order valence-electron chi connectivity index (χ0n) is 14.5. The van der Waals surface area contributed by atoms with E-state index in [4.69, 9.17) is 21.1 Å². The summed E-state index contributed by atoms with van der Waals surface area (Å²) < 4.78 is 11.5. The van der Waals surface area contributed by atoms with Gasteiger partial charge in [0.15, 0.2) is 11.5 Å². The molecule has 0 N–H and O–H groups in total. The fourth-order valence-corrected chi connectivity index (χ4v) is 4.49. The molecule has 140 valence electrons. The molecule has 2 aromatic rings. The Bertz CT molecular complexity index is 947. The van der Waals surface area contributed by atoms with Crippen molar-refractivity contribution >= 4 is 63.2 Å². The fraction of sp³-hybridized carbons (Fsp3) is 0.158. The Morgan fingerprint density at radius 2 is 1.93 bits per heavy atom. The fourth-order valence-electron chi connectivity index (χ4n) is 2.61. The van der Waals surface area contributed by atoms with Crippen LogP contribution in [0.3, 0.4) is 0 Å². The van der Waals surface area contributed by atoms with Crippen molar-refractivity contribution in [2.24, 2.45) is 0 Å². The predicted molar refractivity (Wildman–Crippen MR) is 115 cm³/mol. The number of hydrogen-bond acceptors (Lipinski definition) is 5. The van der Waals surface area contributed by atoms with Crippen LogP contribution in [0.1, 0.15) is 11.1 Å². The van der Waals surface area contributed by atoms with Crippen LogP contribution in [-0.2, 0) is 11.3 Å². The number of rotatable bonds is 5. The molecule has 0 bridgehead atoms. The van der Waals surface area contributed by atoms with Crippen LogP contribution < -0.4 is 9.47 Å². The third kappa shape index (κ3) is 4.25. The molecule has 1 heterocycles. The Morgan fingerprint density at radius 1 is 1.19 bits per heavy atom. The Balaban J connectivity index is 1.88. The molecule has 2 amide bonds. The first kappa shape index (κ1) is 20.0. The van der Waals surface area contributed by atoms with E-state index in [0.717, 1.165) is 26.5 Å². The van der Waals surface area contributed by atoms with Crippen molar-refractivity contribution in [1.82, 2.24) is 4.90 Å². The van der Waals surface area contributed by atoms with Gasteiger partial charge in [-0.15, -0.1) is 0 Å². The summed E-state index contributed by atoms with van der Waals surface area (Å²) in [5.41, 5.74) is 1.48. The summed E-state index contributed by atoms with van der Waals surface area (Å²) in [5.74, 6) is 0.850. The number of methoxy groups -OCH3 is 2. The minimum absolute atomic E-state index is 0.144. The van der Waals surface area contributed by atoms with Gasteiger partial charge in [-0.2, -0.15) is 0 Å². The van der Waals surface area contributed by atoms with Gasteiger partial charge in [-0.25, -0.2) is 0 Å². The maximum Gasteiger partial charge on any atom is 0.293 e. The number of hydrogen-bond donors (Lipinski definition) is 0. The number of carbonyl (C=O) groups is 2. The molecule has 0 aromatic heterocycles. The van der Waals surface area contributed by atoms with E-state index in [1.807, 2.05) is 12.1 Å². The van der Waals surface area contributed by atoms with Gasteiger partial charge in [0.2, 0.25) is 0 Å². The Morgan fingerprint density at radius 3 is 2.59 bits per heavy atom. The summed E-state index contributed by atoms with van der Waals surface area (Å²) in [4.78, 5) is 26.6. The maximum atomic E-state index is 12.7. The van der Waals surface area contributed by atoms with Gasteiger partial charge in [-0.1, -0.05) is 29.8 Å². The summed E-state index contributed by atoms with van der Waals surface area (Å²) in [6.45, 7) is 0.144. The van der Waals surface area contributed by atoms with Crippen LogP contribution in [0.15, 0.2) is 41.3 Å². The molecule has 0 saturated carbocycles. The van der Waals surface area contributed by atoms with E-state index in [2.05, 4.69) is 22.6 Å². The van der Waals surface area contributed by atoms with Crippen LogP contribution in [-0.4, -0.2) is 30.3 Å². The smallest absolute Gasteiger partial charge is 0.293 e. The second-order valence-electron chi connectivity index (χ2n) is 5.60. The Labute approximate surface area is 179 Å². The molecule has 1 aliphatic heterocycles. The number of imide groups is 1. The van der Waals surface area contributed by atoms with Crippen molar-refractivity contribution in [1.29, 1.82) is 0 Å². The van der Waals surface area contributed by atoms with E-state index >= 15 is 0 Å². The summed E-state index contributed by atoms with van der Waals surface area (Å²) in [6, 6.07) is 10.8. The lowest BCUT2D eigenvalue weighted by Crippen LogP contribution is -2.27. The number of halogens is 2. The molecule has 1 fully saturated rings. The van der Waals surface area contributed by atoms with Crippen molar-refractivity contribution in [3.05, 3.63) is 61.0 Å². The minimum atomic E-state index is -0.338. The predicted octanol–water partition coefficient (Wildman–Crippen LogP) is 5.20. The van der Waals surface area contributed by atoms with Gasteiger partial charge in [0.1, 0.15) is 0 Å². The van der Waals surface area contributed by atoms with Crippen LogP contribution in [0, 0.1) is 3.57 Å². The lowest BCUT2D eigenvalue weighted by atomic mass is 10.1. The van der Waals surface area contributed by atoms with Gasteiger partial charge in [0, 0.05) is 5.02 Å². The normalized spacial score (nSPS) is 15.6. The molecule has 5 nitrogen and oxygen atoms in total. The lowest BCUT2D eigenvalue weighted by molar-refractivity contribution is -0.123. The zero-order chi connectivity index (χ0) is 19.6. The monoisotopic (exact) mass is 515 g/mol. The Hall–Kier alpha value is -1.71. The van der Waals surface area contributed by atoms with E-state index < -0.39 is 0 Å². The number of nitrogens with zero attached hydrogens (tertiary/aromatic N) is 1. The first-order valence-corrected chi connectivity index (χ1v) is 10.1. The largest absolute Gasteiger partial charge is 0.493 e. The molecule has 3 rings (SSSR count). The molecule has 27 heavy (non-hydrogen) atoms. The van der Waals surface area contributed by atoms with Gasteiger partial charge < -0.3 is 9.47 Å².